The summed E-state index contributed by atoms with van der Waals surface area (Å²) in [5, 5.41) is 3.26. The Kier molecular flexibility index (Phi) is 6.31. The van der Waals surface area contributed by atoms with Crippen LogP contribution in [0.3, 0.4) is 0 Å². The summed E-state index contributed by atoms with van der Waals surface area (Å²) in [5.74, 6) is 0. The smallest absolute Gasteiger partial charge is 0.385 e. The number of nitrogens with one attached hydrogen (secondary N) is 1. The molecule has 1 N–H and O–H groups in total. The summed E-state index contributed by atoms with van der Waals surface area (Å²) in [6.45, 7) is 3.45. The largest absolute Gasteiger partial charge is 0.416 e. The zero-order valence-corrected chi connectivity index (χ0v) is 11.3. The average Bonchev–Trinajstić information content (AvgIpc) is 2.34. The minimum Gasteiger partial charge on any atom is -0.385 e. The van der Waals surface area contributed by atoms with Crippen molar-refractivity contribution in [1.29, 1.82) is 0 Å². The maximum absolute atomic E-state index is 12.6. The van der Waals surface area contributed by atoms with Crippen LogP contribution in [0.5, 0.6) is 0 Å². The third kappa shape index (κ3) is 6.07. The van der Waals surface area contributed by atoms with Gasteiger partial charge in [-0.05, 0) is 37.9 Å². The second-order valence-electron chi connectivity index (χ2n) is 4.60. The number of hydrogen-bond donors (Lipinski definition) is 1. The summed E-state index contributed by atoms with van der Waals surface area (Å²) in [5.41, 5.74) is 0.109. The molecule has 0 spiro atoms. The number of hydrogen-bond acceptors (Lipinski definition) is 2. The molecule has 5 heteroatoms. The lowest BCUT2D eigenvalue weighted by atomic mass is 10.0. The highest BCUT2D eigenvalue weighted by Crippen LogP contribution is 2.29. The molecule has 1 aromatic rings. The molecule has 1 unspecified atom stereocenters. The average molecular weight is 275 g/mol. The Morgan fingerprint density at radius 1 is 1.32 bits per heavy atom. The summed E-state index contributed by atoms with van der Waals surface area (Å²) in [6.07, 6.45) is -2.80. The molecule has 0 aliphatic carbocycles. The molecule has 1 rings (SSSR count). The molecule has 0 aliphatic rings. The highest BCUT2D eigenvalue weighted by atomic mass is 19.4. The topological polar surface area (TPSA) is 21.3 Å². The lowest BCUT2D eigenvalue weighted by Crippen LogP contribution is -2.29. The quantitative estimate of drug-likeness (QED) is 0.771. The van der Waals surface area contributed by atoms with Crippen molar-refractivity contribution in [3.8, 4) is 0 Å². The molecule has 0 fully saturated rings. The Morgan fingerprint density at radius 3 is 2.68 bits per heavy atom. The Bertz CT molecular complexity index is 379. The van der Waals surface area contributed by atoms with E-state index in [1.54, 1.807) is 13.2 Å². The van der Waals surface area contributed by atoms with Gasteiger partial charge in [0, 0.05) is 19.8 Å². The van der Waals surface area contributed by atoms with E-state index >= 15 is 0 Å². The van der Waals surface area contributed by atoms with E-state index < -0.39 is 11.7 Å². The Balaban J connectivity index is 2.48. The zero-order valence-electron chi connectivity index (χ0n) is 11.3. The lowest BCUT2D eigenvalue weighted by molar-refractivity contribution is -0.137. The van der Waals surface area contributed by atoms with E-state index in [1.807, 2.05) is 6.92 Å². The van der Waals surface area contributed by atoms with Crippen molar-refractivity contribution in [1.82, 2.24) is 5.32 Å². The van der Waals surface area contributed by atoms with Gasteiger partial charge < -0.3 is 10.1 Å². The molecule has 19 heavy (non-hydrogen) atoms. The van der Waals surface area contributed by atoms with Crippen LogP contribution in [-0.4, -0.2) is 26.3 Å². The van der Waals surface area contributed by atoms with Gasteiger partial charge in [0.1, 0.15) is 0 Å². The van der Waals surface area contributed by atoms with Crippen molar-refractivity contribution in [2.45, 2.75) is 32.0 Å². The van der Waals surface area contributed by atoms with Crippen molar-refractivity contribution in [3.05, 3.63) is 35.4 Å². The predicted molar refractivity (Wildman–Crippen MR) is 69.1 cm³/mol. The summed E-state index contributed by atoms with van der Waals surface area (Å²) in [7, 11) is 1.64. The maximum Gasteiger partial charge on any atom is 0.416 e. The minimum absolute atomic E-state index is 0.139. The fourth-order valence-electron chi connectivity index (χ4n) is 1.87. The van der Waals surface area contributed by atoms with Crippen LogP contribution in [0.2, 0.25) is 0 Å². The summed E-state index contributed by atoms with van der Waals surface area (Å²) in [4.78, 5) is 0. The van der Waals surface area contributed by atoms with E-state index in [9.17, 15) is 13.2 Å². The third-order valence-corrected chi connectivity index (χ3v) is 2.81. The number of alkyl halides is 3. The highest BCUT2D eigenvalue weighted by Gasteiger charge is 2.30. The van der Waals surface area contributed by atoms with Crippen molar-refractivity contribution in [2.24, 2.45) is 0 Å². The van der Waals surface area contributed by atoms with Crippen LogP contribution in [0.1, 0.15) is 24.5 Å². The van der Waals surface area contributed by atoms with Gasteiger partial charge in [-0.25, -0.2) is 0 Å². The Labute approximate surface area is 112 Å². The SMILES string of the molecule is COCCCNC(C)Cc1cccc(C(F)(F)F)c1. The van der Waals surface area contributed by atoms with Crippen LogP contribution in [-0.2, 0) is 17.3 Å². The molecule has 0 aliphatic heterocycles. The van der Waals surface area contributed by atoms with Crippen LogP contribution in [0, 0.1) is 0 Å². The van der Waals surface area contributed by atoms with Crippen LogP contribution < -0.4 is 5.32 Å². The van der Waals surface area contributed by atoms with Gasteiger partial charge in [0.15, 0.2) is 0 Å². The molecule has 0 aromatic heterocycles. The van der Waals surface area contributed by atoms with Crippen LogP contribution in [0.15, 0.2) is 24.3 Å². The molecule has 1 atom stereocenters. The molecule has 108 valence electrons. The van der Waals surface area contributed by atoms with Gasteiger partial charge in [-0.1, -0.05) is 18.2 Å². The van der Waals surface area contributed by atoms with Crippen molar-refractivity contribution < 1.29 is 17.9 Å². The second kappa shape index (κ2) is 7.50. The molecule has 0 bridgehead atoms. The highest BCUT2D eigenvalue weighted by molar-refractivity contribution is 5.26. The minimum atomic E-state index is -4.27. The molecular formula is C14H20F3NO. The third-order valence-electron chi connectivity index (χ3n) is 2.81. The Hall–Kier alpha value is -1.07. The zero-order chi connectivity index (χ0) is 14.3. The molecule has 0 radical (unpaired) electrons. The number of methoxy groups -OCH3 is 1. The first-order chi connectivity index (χ1) is 8.93. The van der Waals surface area contributed by atoms with Crippen molar-refractivity contribution in [2.75, 3.05) is 20.3 Å². The number of benzene rings is 1. The molecule has 0 amide bonds. The van der Waals surface area contributed by atoms with Gasteiger partial charge in [0.05, 0.1) is 5.56 Å². The van der Waals surface area contributed by atoms with E-state index in [1.165, 1.54) is 12.1 Å². The first-order valence-corrected chi connectivity index (χ1v) is 6.32. The molecule has 0 heterocycles. The Morgan fingerprint density at radius 2 is 2.05 bits per heavy atom. The fourth-order valence-corrected chi connectivity index (χ4v) is 1.87. The van der Waals surface area contributed by atoms with E-state index in [0.29, 0.717) is 18.6 Å². The first-order valence-electron chi connectivity index (χ1n) is 6.32. The van der Waals surface area contributed by atoms with E-state index in [0.717, 1.165) is 19.0 Å². The van der Waals surface area contributed by atoms with Gasteiger partial charge in [-0.15, -0.1) is 0 Å². The van der Waals surface area contributed by atoms with E-state index in [4.69, 9.17) is 4.74 Å². The second-order valence-corrected chi connectivity index (χ2v) is 4.60. The number of halogens is 3. The maximum atomic E-state index is 12.6. The molecule has 1 aromatic carbocycles. The van der Waals surface area contributed by atoms with Gasteiger partial charge >= 0.3 is 6.18 Å². The first kappa shape index (κ1) is 16.0. The fraction of sp³-hybridized carbons (Fsp3) is 0.571. The van der Waals surface area contributed by atoms with Crippen LogP contribution in [0.25, 0.3) is 0 Å². The molecule has 2 nitrogen and oxygen atoms in total. The van der Waals surface area contributed by atoms with Crippen LogP contribution in [0.4, 0.5) is 13.2 Å². The van der Waals surface area contributed by atoms with Gasteiger partial charge in [0.2, 0.25) is 0 Å². The number of ether oxygens (including phenoxy) is 1. The van der Waals surface area contributed by atoms with Gasteiger partial charge in [-0.2, -0.15) is 13.2 Å². The lowest BCUT2D eigenvalue weighted by Gasteiger charge is -2.15. The predicted octanol–water partition coefficient (Wildman–Crippen LogP) is 3.26. The summed E-state index contributed by atoms with van der Waals surface area (Å²) in [6, 6.07) is 5.63. The van der Waals surface area contributed by atoms with E-state index in [-0.39, 0.29) is 6.04 Å². The molecule has 0 saturated carbocycles. The van der Waals surface area contributed by atoms with E-state index in [2.05, 4.69) is 5.32 Å². The molecule has 0 saturated heterocycles. The summed E-state index contributed by atoms with van der Waals surface area (Å²) >= 11 is 0. The number of rotatable bonds is 7. The standard InChI is InChI=1S/C14H20F3NO/c1-11(18-7-4-8-19-2)9-12-5-3-6-13(10-12)14(15,16)17/h3,5-6,10-11,18H,4,7-9H2,1-2H3. The monoisotopic (exact) mass is 275 g/mol. The normalized spacial score (nSPS) is 13.5. The van der Waals surface area contributed by atoms with Gasteiger partial charge in [-0.3, -0.25) is 0 Å². The van der Waals surface area contributed by atoms with Crippen molar-refractivity contribution >= 4 is 0 Å². The van der Waals surface area contributed by atoms with Crippen molar-refractivity contribution in [3.63, 3.8) is 0 Å². The van der Waals surface area contributed by atoms with Gasteiger partial charge in [0.25, 0.3) is 0 Å². The summed E-state index contributed by atoms with van der Waals surface area (Å²) < 4.78 is 42.6. The molecular weight excluding hydrogens is 255 g/mol. The van der Waals surface area contributed by atoms with Crippen LogP contribution >= 0.6 is 0 Å².